The number of halogens is 3. The second-order valence-electron chi connectivity index (χ2n) is 7.30. The lowest BCUT2D eigenvalue weighted by Gasteiger charge is -2.12. The molecule has 4 nitrogen and oxygen atoms in total. The molecule has 0 spiro atoms. The zero-order valence-electron chi connectivity index (χ0n) is 17.3. The number of ether oxygens (including phenoxy) is 1. The van der Waals surface area contributed by atoms with Crippen molar-refractivity contribution in [3.8, 4) is 5.75 Å². The standard InChI is InChI=1S/C25H18Cl3NO3S/c26-19-8-6-18(13-20(19)27)15-32-22-9-7-17(12-21(22)28)14-23-24(30)29(25(31)33-23)11-10-16-4-2-1-3-5-16/h1-9,12-14H,10-11,15H2/b23-14-. The van der Waals surface area contributed by atoms with E-state index in [0.717, 1.165) is 22.9 Å². The van der Waals surface area contributed by atoms with Gasteiger partial charge in [0.15, 0.2) is 0 Å². The van der Waals surface area contributed by atoms with E-state index in [1.165, 1.54) is 4.90 Å². The number of carbonyl (C=O) groups excluding carboxylic acids is 2. The Morgan fingerprint density at radius 2 is 1.64 bits per heavy atom. The fourth-order valence-corrected chi connectivity index (χ4v) is 4.67. The smallest absolute Gasteiger partial charge is 0.293 e. The van der Waals surface area contributed by atoms with E-state index < -0.39 is 0 Å². The summed E-state index contributed by atoms with van der Waals surface area (Å²) in [6.07, 6.45) is 2.28. The molecule has 1 aliphatic rings. The highest BCUT2D eigenvalue weighted by molar-refractivity contribution is 8.18. The average Bonchev–Trinajstić information content (AvgIpc) is 3.07. The van der Waals surface area contributed by atoms with Crippen LogP contribution in [0.4, 0.5) is 4.79 Å². The molecule has 2 amide bonds. The van der Waals surface area contributed by atoms with Gasteiger partial charge in [0, 0.05) is 6.54 Å². The fourth-order valence-electron chi connectivity index (χ4n) is 3.24. The Labute approximate surface area is 211 Å². The number of hydrogen-bond acceptors (Lipinski definition) is 4. The molecule has 1 aliphatic heterocycles. The van der Waals surface area contributed by atoms with Gasteiger partial charge >= 0.3 is 0 Å². The molecule has 1 fully saturated rings. The predicted molar refractivity (Wildman–Crippen MR) is 135 cm³/mol. The molecule has 33 heavy (non-hydrogen) atoms. The van der Waals surface area contributed by atoms with Gasteiger partial charge in [0.1, 0.15) is 12.4 Å². The summed E-state index contributed by atoms with van der Waals surface area (Å²) in [6, 6.07) is 20.2. The average molecular weight is 519 g/mol. The van der Waals surface area contributed by atoms with Gasteiger partial charge in [0.2, 0.25) is 0 Å². The molecule has 0 unspecified atom stereocenters. The number of rotatable bonds is 7. The Hall–Kier alpha value is -2.44. The maximum absolute atomic E-state index is 12.7. The Balaban J connectivity index is 1.41. The summed E-state index contributed by atoms with van der Waals surface area (Å²) in [5, 5.41) is 1.06. The molecule has 0 N–H and O–H groups in total. The van der Waals surface area contributed by atoms with Gasteiger partial charge in [-0.2, -0.15) is 0 Å². The first kappa shape index (κ1) is 23.7. The minimum atomic E-state index is -0.294. The second kappa shape index (κ2) is 10.7. The molecule has 0 radical (unpaired) electrons. The number of benzene rings is 3. The normalized spacial score (nSPS) is 14.9. The van der Waals surface area contributed by atoms with Crippen molar-refractivity contribution in [1.82, 2.24) is 4.90 Å². The van der Waals surface area contributed by atoms with Crippen molar-refractivity contribution in [2.75, 3.05) is 6.54 Å². The molecular weight excluding hydrogens is 501 g/mol. The minimum absolute atomic E-state index is 0.269. The highest BCUT2D eigenvalue weighted by Crippen LogP contribution is 2.34. The van der Waals surface area contributed by atoms with E-state index in [9.17, 15) is 9.59 Å². The molecule has 0 saturated carbocycles. The molecular formula is C25H18Cl3NO3S. The van der Waals surface area contributed by atoms with Gasteiger partial charge < -0.3 is 4.74 Å². The summed E-state index contributed by atoms with van der Waals surface area (Å²) < 4.78 is 5.78. The van der Waals surface area contributed by atoms with Crippen LogP contribution in [0.15, 0.2) is 71.6 Å². The number of thioether (sulfide) groups is 1. The van der Waals surface area contributed by atoms with E-state index in [-0.39, 0.29) is 17.8 Å². The van der Waals surface area contributed by atoms with Gasteiger partial charge in [-0.15, -0.1) is 0 Å². The SMILES string of the molecule is O=C1S/C(=C\c2ccc(OCc3ccc(Cl)c(Cl)c3)c(Cl)c2)C(=O)N1CCc1ccccc1. The van der Waals surface area contributed by atoms with Crippen molar-refractivity contribution in [1.29, 1.82) is 0 Å². The van der Waals surface area contributed by atoms with Crippen LogP contribution in [0.1, 0.15) is 16.7 Å². The first-order chi connectivity index (χ1) is 15.9. The zero-order chi connectivity index (χ0) is 23.4. The van der Waals surface area contributed by atoms with Crippen LogP contribution in [0, 0.1) is 0 Å². The van der Waals surface area contributed by atoms with Crippen LogP contribution in [-0.4, -0.2) is 22.6 Å². The van der Waals surface area contributed by atoms with Gasteiger partial charge in [0.25, 0.3) is 11.1 Å². The quantitative estimate of drug-likeness (QED) is 0.304. The molecule has 3 aromatic rings. The van der Waals surface area contributed by atoms with Crippen LogP contribution in [0.5, 0.6) is 5.75 Å². The zero-order valence-corrected chi connectivity index (χ0v) is 20.3. The van der Waals surface area contributed by atoms with E-state index in [1.54, 1.807) is 36.4 Å². The second-order valence-corrected chi connectivity index (χ2v) is 9.51. The Morgan fingerprint density at radius 1 is 0.848 bits per heavy atom. The maximum Gasteiger partial charge on any atom is 0.293 e. The molecule has 3 aromatic carbocycles. The van der Waals surface area contributed by atoms with Crippen molar-refractivity contribution in [3.05, 3.63) is 103 Å². The van der Waals surface area contributed by atoms with Crippen LogP contribution in [0.25, 0.3) is 6.08 Å². The van der Waals surface area contributed by atoms with Crippen LogP contribution >= 0.6 is 46.6 Å². The molecule has 0 atom stereocenters. The lowest BCUT2D eigenvalue weighted by atomic mass is 10.1. The molecule has 168 valence electrons. The highest BCUT2D eigenvalue weighted by Gasteiger charge is 2.34. The third kappa shape index (κ3) is 5.92. The minimum Gasteiger partial charge on any atom is -0.487 e. The van der Waals surface area contributed by atoms with Crippen molar-refractivity contribution in [2.45, 2.75) is 13.0 Å². The summed E-state index contributed by atoms with van der Waals surface area (Å²) >= 11 is 19.3. The third-order valence-electron chi connectivity index (χ3n) is 4.97. The van der Waals surface area contributed by atoms with Gasteiger partial charge in [0.05, 0.1) is 20.0 Å². The van der Waals surface area contributed by atoms with Gasteiger partial charge in [-0.1, -0.05) is 77.3 Å². The highest BCUT2D eigenvalue weighted by atomic mass is 35.5. The Morgan fingerprint density at radius 3 is 2.36 bits per heavy atom. The van der Waals surface area contributed by atoms with Crippen LogP contribution < -0.4 is 4.74 Å². The first-order valence-corrected chi connectivity index (χ1v) is 12.0. The number of hydrogen-bond donors (Lipinski definition) is 0. The Bertz CT molecular complexity index is 1230. The third-order valence-corrected chi connectivity index (χ3v) is 6.91. The van der Waals surface area contributed by atoms with Crippen molar-refractivity contribution in [2.24, 2.45) is 0 Å². The molecule has 8 heteroatoms. The maximum atomic E-state index is 12.7. The van der Waals surface area contributed by atoms with Crippen LogP contribution in [0.2, 0.25) is 15.1 Å². The molecule has 1 heterocycles. The van der Waals surface area contributed by atoms with Crippen molar-refractivity contribution >= 4 is 63.8 Å². The summed E-state index contributed by atoms with van der Waals surface area (Å²) in [7, 11) is 0. The molecule has 0 aliphatic carbocycles. The molecule has 1 saturated heterocycles. The largest absolute Gasteiger partial charge is 0.487 e. The van der Waals surface area contributed by atoms with Gasteiger partial charge in [-0.05, 0) is 65.2 Å². The first-order valence-electron chi connectivity index (χ1n) is 10.1. The monoisotopic (exact) mass is 517 g/mol. The lowest BCUT2D eigenvalue weighted by molar-refractivity contribution is -0.122. The van der Waals surface area contributed by atoms with Crippen LogP contribution in [0.3, 0.4) is 0 Å². The summed E-state index contributed by atoms with van der Waals surface area (Å²) in [4.78, 5) is 26.7. The fraction of sp³-hybridized carbons (Fsp3) is 0.120. The predicted octanol–water partition coefficient (Wildman–Crippen LogP) is 7.50. The lowest BCUT2D eigenvalue weighted by Crippen LogP contribution is -2.30. The summed E-state index contributed by atoms with van der Waals surface area (Å²) in [5.41, 5.74) is 2.63. The molecule has 4 rings (SSSR count). The van der Waals surface area contributed by atoms with E-state index in [2.05, 4.69) is 0 Å². The number of imide groups is 1. The Kier molecular flexibility index (Phi) is 7.66. The number of nitrogens with zero attached hydrogens (tertiary/aromatic N) is 1. The van der Waals surface area contributed by atoms with E-state index in [0.29, 0.717) is 44.3 Å². The van der Waals surface area contributed by atoms with Gasteiger partial charge in [-0.3, -0.25) is 14.5 Å². The van der Waals surface area contributed by atoms with Gasteiger partial charge in [-0.25, -0.2) is 0 Å². The van der Waals surface area contributed by atoms with E-state index in [1.807, 2.05) is 36.4 Å². The van der Waals surface area contributed by atoms with Crippen LogP contribution in [-0.2, 0) is 17.8 Å². The van der Waals surface area contributed by atoms with Crippen molar-refractivity contribution in [3.63, 3.8) is 0 Å². The number of amides is 2. The summed E-state index contributed by atoms with van der Waals surface area (Å²) in [6.45, 7) is 0.616. The van der Waals surface area contributed by atoms with E-state index in [4.69, 9.17) is 39.5 Å². The topological polar surface area (TPSA) is 46.6 Å². The molecule has 0 aromatic heterocycles. The summed E-state index contributed by atoms with van der Waals surface area (Å²) in [5.74, 6) is 0.202. The molecule has 0 bridgehead atoms. The van der Waals surface area contributed by atoms with Crippen molar-refractivity contribution < 1.29 is 14.3 Å². The number of carbonyl (C=O) groups is 2. The van der Waals surface area contributed by atoms with E-state index >= 15 is 0 Å².